The predicted octanol–water partition coefficient (Wildman–Crippen LogP) is 1.55. The number of hydrogen-bond donors (Lipinski definition) is 1. The molecule has 0 radical (unpaired) electrons. The van der Waals surface area contributed by atoms with Crippen LogP contribution >= 0.6 is 0 Å². The Balaban J connectivity index is 1.39. The van der Waals surface area contributed by atoms with E-state index < -0.39 is 0 Å². The first kappa shape index (κ1) is 17.9. The van der Waals surface area contributed by atoms with Gasteiger partial charge in [-0.25, -0.2) is 4.98 Å². The molecule has 7 nitrogen and oxygen atoms in total. The molecule has 7 heteroatoms. The maximum absolute atomic E-state index is 12.6. The van der Waals surface area contributed by atoms with Gasteiger partial charge in [-0.3, -0.25) is 19.3 Å². The fraction of sp³-hybridized carbons (Fsp3) is 0.450. The van der Waals surface area contributed by atoms with Crippen LogP contribution in [0.2, 0.25) is 0 Å². The van der Waals surface area contributed by atoms with E-state index in [2.05, 4.69) is 37.9 Å². The Hall–Kier alpha value is -2.51. The molecular formula is C20H26N6O. The highest BCUT2D eigenvalue weighted by molar-refractivity contribution is 5.84. The van der Waals surface area contributed by atoms with E-state index in [0.717, 1.165) is 73.5 Å². The van der Waals surface area contributed by atoms with Crippen molar-refractivity contribution >= 4 is 10.9 Å². The molecule has 0 bridgehead atoms. The van der Waals surface area contributed by atoms with Crippen LogP contribution in [0.25, 0.3) is 10.9 Å². The third-order valence-electron chi connectivity index (χ3n) is 5.43. The van der Waals surface area contributed by atoms with Crippen LogP contribution in [0.3, 0.4) is 0 Å². The van der Waals surface area contributed by atoms with E-state index in [1.807, 2.05) is 17.7 Å². The quantitative estimate of drug-likeness (QED) is 0.742. The normalized spacial score (nSPS) is 16.2. The van der Waals surface area contributed by atoms with Crippen molar-refractivity contribution in [3.8, 4) is 0 Å². The summed E-state index contributed by atoms with van der Waals surface area (Å²) in [5, 5.41) is 4.97. The van der Waals surface area contributed by atoms with E-state index in [0.29, 0.717) is 0 Å². The molecule has 2 aromatic heterocycles. The smallest absolute Gasteiger partial charge is 0.189 e. The molecule has 0 aliphatic carbocycles. The van der Waals surface area contributed by atoms with Gasteiger partial charge in [0, 0.05) is 56.4 Å². The van der Waals surface area contributed by atoms with Crippen molar-refractivity contribution in [2.75, 3.05) is 32.7 Å². The Morgan fingerprint density at radius 3 is 2.52 bits per heavy atom. The fourth-order valence-corrected chi connectivity index (χ4v) is 3.81. The Labute approximate surface area is 158 Å². The summed E-state index contributed by atoms with van der Waals surface area (Å²) in [6.07, 6.45) is 3.33. The molecule has 1 aliphatic rings. The molecule has 27 heavy (non-hydrogen) atoms. The molecule has 1 N–H and O–H groups in total. The standard InChI is InChI=1S/C20H26N6O/c1-15-3-4-16(2)20-19(15)18(27)11-17(23-20)12-25-7-5-24(6-8-25)9-10-26-14-21-13-22-26/h3-4,11,13-14H,5-10,12H2,1-2H3,(H,23,27). The number of hydrogen-bond acceptors (Lipinski definition) is 5. The van der Waals surface area contributed by atoms with Crippen LogP contribution in [0.15, 0.2) is 35.6 Å². The number of aromatic nitrogens is 4. The third kappa shape index (κ3) is 3.94. The molecule has 1 aromatic carbocycles. The van der Waals surface area contributed by atoms with Crippen molar-refractivity contribution in [2.24, 2.45) is 0 Å². The number of rotatable bonds is 5. The van der Waals surface area contributed by atoms with Gasteiger partial charge < -0.3 is 4.98 Å². The van der Waals surface area contributed by atoms with Gasteiger partial charge in [0.2, 0.25) is 0 Å². The third-order valence-corrected chi connectivity index (χ3v) is 5.43. The number of nitrogens with zero attached hydrogens (tertiary/aromatic N) is 5. The van der Waals surface area contributed by atoms with Crippen LogP contribution in [-0.2, 0) is 13.1 Å². The van der Waals surface area contributed by atoms with Crippen molar-refractivity contribution in [2.45, 2.75) is 26.9 Å². The summed E-state index contributed by atoms with van der Waals surface area (Å²) in [6, 6.07) is 5.86. The monoisotopic (exact) mass is 366 g/mol. The van der Waals surface area contributed by atoms with Crippen molar-refractivity contribution < 1.29 is 0 Å². The Kier molecular flexibility index (Phi) is 5.05. The lowest BCUT2D eigenvalue weighted by Gasteiger charge is -2.34. The van der Waals surface area contributed by atoms with Crippen molar-refractivity contribution in [1.82, 2.24) is 29.5 Å². The fourth-order valence-electron chi connectivity index (χ4n) is 3.81. The lowest BCUT2D eigenvalue weighted by atomic mass is 10.0. The molecule has 1 aliphatic heterocycles. The SMILES string of the molecule is Cc1ccc(C)c2c(=O)cc(CN3CCN(CCn4cncn4)CC3)[nH]c12. The van der Waals surface area contributed by atoms with Gasteiger partial charge in [0.05, 0.1) is 12.1 Å². The van der Waals surface area contributed by atoms with Crippen LogP contribution in [0.5, 0.6) is 0 Å². The first-order chi connectivity index (χ1) is 13.1. The first-order valence-corrected chi connectivity index (χ1v) is 9.49. The summed E-state index contributed by atoms with van der Waals surface area (Å²) < 4.78 is 1.87. The highest BCUT2D eigenvalue weighted by Crippen LogP contribution is 2.18. The summed E-state index contributed by atoms with van der Waals surface area (Å²) in [6.45, 7) is 10.8. The highest BCUT2D eigenvalue weighted by atomic mass is 16.1. The van der Waals surface area contributed by atoms with Gasteiger partial charge in [-0.15, -0.1) is 0 Å². The van der Waals surface area contributed by atoms with Gasteiger partial charge in [0.15, 0.2) is 5.43 Å². The Morgan fingerprint density at radius 1 is 1.04 bits per heavy atom. The summed E-state index contributed by atoms with van der Waals surface area (Å²) in [4.78, 5) is 25.0. The topological polar surface area (TPSA) is 70.1 Å². The summed E-state index contributed by atoms with van der Waals surface area (Å²) >= 11 is 0. The molecule has 4 rings (SSSR count). The van der Waals surface area contributed by atoms with Crippen LogP contribution in [-0.4, -0.2) is 62.3 Å². The molecule has 1 fully saturated rings. The average molecular weight is 366 g/mol. The van der Waals surface area contributed by atoms with E-state index in [-0.39, 0.29) is 5.43 Å². The molecule has 0 spiro atoms. The zero-order valence-electron chi connectivity index (χ0n) is 16.0. The van der Waals surface area contributed by atoms with Crippen LogP contribution in [0, 0.1) is 13.8 Å². The summed E-state index contributed by atoms with van der Waals surface area (Å²) in [5.41, 5.74) is 4.24. The molecule has 0 atom stereocenters. The molecule has 3 aromatic rings. The van der Waals surface area contributed by atoms with Crippen molar-refractivity contribution in [3.63, 3.8) is 0 Å². The zero-order valence-corrected chi connectivity index (χ0v) is 16.0. The minimum absolute atomic E-state index is 0.117. The van der Waals surface area contributed by atoms with Crippen molar-refractivity contribution in [3.05, 3.63) is 57.9 Å². The zero-order chi connectivity index (χ0) is 18.8. The van der Waals surface area contributed by atoms with Gasteiger partial charge >= 0.3 is 0 Å². The minimum atomic E-state index is 0.117. The van der Waals surface area contributed by atoms with Crippen LogP contribution in [0.4, 0.5) is 0 Å². The first-order valence-electron chi connectivity index (χ1n) is 9.49. The number of benzene rings is 1. The van der Waals surface area contributed by atoms with Crippen LogP contribution in [0.1, 0.15) is 16.8 Å². The Bertz CT molecular complexity index is 970. The summed E-state index contributed by atoms with van der Waals surface area (Å²) in [5.74, 6) is 0. The van der Waals surface area contributed by atoms with Crippen molar-refractivity contribution in [1.29, 1.82) is 0 Å². The molecule has 0 unspecified atom stereocenters. The largest absolute Gasteiger partial charge is 0.357 e. The van der Waals surface area contributed by atoms with Gasteiger partial charge in [0.25, 0.3) is 0 Å². The van der Waals surface area contributed by atoms with E-state index in [1.54, 1.807) is 18.7 Å². The number of fused-ring (bicyclic) bond motifs is 1. The number of pyridine rings is 1. The maximum Gasteiger partial charge on any atom is 0.189 e. The lowest BCUT2D eigenvalue weighted by molar-refractivity contribution is 0.122. The molecular weight excluding hydrogens is 340 g/mol. The molecule has 142 valence electrons. The van der Waals surface area contributed by atoms with E-state index >= 15 is 0 Å². The number of aryl methyl sites for hydroxylation is 2. The van der Waals surface area contributed by atoms with E-state index in [1.165, 1.54) is 0 Å². The molecule has 0 amide bonds. The average Bonchev–Trinajstić information content (AvgIpc) is 3.18. The number of H-pyrrole nitrogens is 1. The second-order valence-corrected chi connectivity index (χ2v) is 7.38. The Morgan fingerprint density at radius 2 is 1.78 bits per heavy atom. The van der Waals surface area contributed by atoms with Gasteiger partial charge in [-0.2, -0.15) is 5.10 Å². The number of piperazine rings is 1. The van der Waals surface area contributed by atoms with E-state index in [9.17, 15) is 4.79 Å². The summed E-state index contributed by atoms with van der Waals surface area (Å²) in [7, 11) is 0. The second kappa shape index (κ2) is 7.62. The van der Waals surface area contributed by atoms with Gasteiger partial charge in [-0.1, -0.05) is 12.1 Å². The highest BCUT2D eigenvalue weighted by Gasteiger charge is 2.18. The molecule has 0 saturated carbocycles. The minimum Gasteiger partial charge on any atom is -0.357 e. The number of nitrogens with one attached hydrogen (secondary N) is 1. The van der Waals surface area contributed by atoms with Gasteiger partial charge in [-0.05, 0) is 25.0 Å². The molecule has 3 heterocycles. The molecule has 1 saturated heterocycles. The van der Waals surface area contributed by atoms with Crippen LogP contribution < -0.4 is 5.43 Å². The second-order valence-electron chi connectivity index (χ2n) is 7.38. The lowest BCUT2D eigenvalue weighted by Crippen LogP contribution is -2.46. The van der Waals surface area contributed by atoms with E-state index in [4.69, 9.17) is 0 Å². The number of aromatic amines is 1. The maximum atomic E-state index is 12.6. The van der Waals surface area contributed by atoms with Gasteiger partial charge in [0.1, 0.15) is 12.7 Å². The predicted molar refractivity (Wildman–Crippen MR) is 106 cm³/mol.